The Labute approximate surface area is 134 Å². The van der Waals surface area contributed by atoms with Crippen LogP contribution in [0.2, 0.25) is 0 Å². The summed E-state index contributed by atoms with van der Waals surface area (Å²) >= 11 is 0. The van der Waals surface area contributed by atoms with Crippen molar-refractivity contribution < 1.29 is 9.72 Å². The highest BCUT2D eigenvalue weighted by molar-refractivity contribution is 5.82. The van der Waals surface area contributed by atoms with Crippen molar-refractivity contribution in [1.29, 1.82) is 0 Å². The molecule has 2 rings (SSSR count). The van der Waals surface area contributed by atoms with Crippen LogP contribution in [0.4, 0.5) is 5.69 Å². The van der Waals surface area contributed by atoms with Crippen molar-refractivity contribution in [2.24, 2.45) is 5.10 Å². The first kappa shape index (κ1) is 17.0. The molecule has 0 atom stereocenters. The molecule has 0 radical (unpaired) electrons. The van der Waals surface area contributed by atoms with E-state index < -0.39 is 4.92 Å². The summed E-state index contributed by atoms with van der Waals surface area (Å²) in [6, 6.07) is 5.96. The molecule has 1 aromatic carbocycles. The molecule has 0 aliphatic carbocycles. The maximum atomic E-state index is 11.7. The summed E-state index contributed by atoms with van der Waals surface area (Å²) < 4.78 is 0. The first-order chi connectivity index (χ1) is 11.0. The zero-order chi connectivity index (χ0) is 16.7. The molecule has 8 heteroatoms. The van der Waals surface area contributed by atoms with Crippen LogP contribution in [-0.2, 0) is 4.79 Å². The summed E-state index contributed by atoms with van der Waals surface area (Å²) in [6.45, 7) is 4.75. The molecule has 1 aromatic rings. The smallest absolute Gasteiger partial charge is 0.269 e. The average Bonchev–Trinajstić information content (AvgIpc) is 2.55. The minimum Gasteiger partial charge on any atom is -0.304 e. The van der Waals surface area contributed by atoms with Crippen molar-refractivity contribution >= 4 is 17.8 Å². The third-order valence-corrected chi connectivity index (χ3v) is 3.76. The van der Waals surface area contributed by atoms with Gasteiger partial charge in [0.05, 0.1) is 11.1 Å². The fourth-order valence-corrected chi connectivity index (χ4v) is 2.25. The standard InChI is InChI=1S/C15H21N5O3/c1-18-8-10-19(11-9-18)7-6-15(21)17-16-12-13-2-4-14(5-3-13)20(22)23/h2-5,12H,6-11H2,1H3,(H,17,21)/b16-12+. The Morgan fingerprint density at radius 2 is 1.96 bits per heavy atom. The molecule has 1 heterocycles. The molecule has 1 aliphatic heterocycles. The largest absolute Gasteiger partial charge is 0.304 e. The van der Waals surface area contributed by atoms with Gasteiger partial charge in [0.1, 0.15) is 0 Å². The Hall–Kier alpha value is -2.32. The lowest BCUT2D eigenvalue weighted by atomic mass is 10.2. The van der Waals surface area contributed by atoms with Gasteiger partial charge in [0.15, 0.2) is 0 Å². The second kappa shape index (κ2) is 8.35. The van der Waals surface area contributed by atoms with E-state index in [1.165, 1.54) is 18.3 Å². The third kappa shape index (κ3) is 5.76. The summed E-state index contributed by atoms with van der Waals surface area (Å²) in [5.74, 6) is -0.137. The van der Waals surface area contributed by atoms with Gasteiger partial charge in [-0.25, -0.2) is 5.43 Å². The predicted octanol–water partition coefficient (Wildman–Crippen LogP) is 0.682. The van der Waals surface area contributed by atoms with Gasteiger partial charge >= 0.3 is 0 Å². The molecule has 1 amide bonds. The number of nitrogens with one attached hydrogen (secondary N) is 1. The number of rotatable bonds is 6. The number of carbonyl (C=O) groups excluding carboxylic acids is 1. The lowest BCUT2D eigenvalue weighted by molar-refractivity contribution is -0.384. The van der Waals surface area contributed by atoms with Crippen LogP contribution >= 0.6 is 0 Å². The fourth-order valence-electron chi connectivity index (χ4n) is 2.25. The molecular formula is C15H21N5O3. The van der Waals surface area contributed by atoms with Gasteiger partial charge in [-0.3, -0.25) is 14.9 Å². The summed E-state index contributed by atoms with van der Waals surface area (Å²) in [6.07, 6.45) is 1.87. The molecule has 0 saturated carbocycles. The van der Waals surface area contributed by atoms with E-state index in [1.54, 1.807) is 12.1 Å². The molecule has 1 saturated heterocycles. The highest BCUT2D eigenvalue weighted by Gasteiger charge is 2.14. The summed E-state index contributed by atoms with van der Waals surface area (Å²) in [4.78, 5) is 26.4. The average molecular weight is 319 g/mol. The van der Waals surface area contributed by atoms with E-state index >= 15 is 0 Å². The van der Waals surface area contributed by atoms with Crippen molar-refractivity contribution in [2.45, 2.75) is 6.42 Å². The van der Waals surface area contributed by atoms with Crippen LogP contribution in [-0.4, -0.2) is 66.6 Å². The number of hydrogen-bond donors (Lipinski definition) is 1. The quantitative estimate of drug-likeness (QED) is 0.473. The van der Waals surface area contributed by atoms with Crippen molar-refractivity contribution in [3.63, 3.8) is 0 Å². The molecule has 0 bridgehead atoms. The van der Waals surface area contributed by atoms with Crippen LogP contribution in [0.5, 0.6) is 0 Å². The van der Waals surface area contributed by atoms with E-state index in [2.05, 4.69) is 27.4 Å². The highest BCUT2D eigenvalue weighted by atomic mass is 16.6. The number of non-ortho nitro benzene ring substituents is 1. The molecule has 0 unspecified atom stereocenters. The topological polar surface area (TPSA) is 91.1 Å². The Bertz CT molecular complexity index is 565. The van der Waals surface area contributed by atoms with Crippen molar-refractivity contribution in [1.82, 2.24) is 15.2 Å². The molecule has 1 N–H and O–H groups in total. The number of hydrogen-bond acceptors (Lipinski definition) is 6. The first-order valence-electron chi connectivity index (χ1n) is 7.52. The van der Waals surface area contributed by atoms with Gasteiger partial charge in [0.25, 0.3) is 5.69 Å². The Morgan fingerprint density at radius 3 is 2.57 bits per heavy atom. The monoisotopic (exact) mass is 319 g/mol. The van der Waals surface area contributed by atoms with E-state index in [0.29, 0.717) is 12.0 Å². The second-order valence-corrected chi connectivity index (χ2v) is 5.54. The van der Waals surface area contributed by atoms with E-state index in [4.69, 9.17) is 0 Å². The van der Waals surface area contributed by atoms with Crippen molar-refractivity contribution in [3.05, 3.63) is 39.9 Å². The van der Waals surface area contributed by atoms with Gasteiger partial charge in [-0.15, -0.1) is 0 Å². The first-order valence-corrected chi connectivity index (χ1v) is 7.52. The van der Waals surface area contributed by atoms with Crippen molar-refractivity contribution in [2.75, 3.05) is 39.8 Å². The van der Waals surface area contributed by atoms with Gasteiger partial charge in [-0.05, 0) is 24.7 Å². The fraction of sp³-hybridized carbons (Fsp3) is 0.467. The number of benzene rings is 1. The van der Waals surface area contributed by atoms with Crippen LogP contribution in [0.1, 0.15) is 12.0 Å². The molecule has 1 fully saturated rings. The number of nitrogens with zero attached hydrogens (tertiary/aromatic N) is 4. The third-order valence-electron chi connectivity index (χ3n) is 3.76. The molecule has 124 valence electrons. The minimum atomic E-state index is -0.457. The lowest BCUT2D eigenvalue weighted by Gasteiger charge is -2.32. The SMILES string of the molecule is CN1CCN(CCC(=O)N/N=C/c2ccc([N+](=O)[O-])cc2)CC1. The number of amides is 1. The molecule has 8 nitrogen and oxygen atoms in total. The maximum absolute atomic E-state index is 11.7. The summed E-state index contributed by atoms with van der Waals surface area (Å²) in [7, 11) is 2.09. The minimum absolute atomic E-state index is 0.0263. The number of carbonyl (C=O) groups is 1. The normalized spacial score (nSPS) is 16.6. The van der Waals surface area contributed by atoms with Crippen LogP contribution in [0.15, 0.2) is 29.4 Å². The zero-order valence-electron chi connectivity index (χ0n) is 13.1. The zero-order valence-corrected chi connectivity index (χ0v) is 13.1. The molecule has 0 aromatic heterocycles. The molecule has 1 aliphatic rings. The van der Waals surface area contributed by atoms with E-state index in [9.17, 15) is 14.9 Å². The van der Waals surface area contributed by atoms with E-state index in [0.717, 1.165) is 32.7 Å². The molecule has 23 heavy (non-hydrogen) atoms. The Kier molecular flexibility index (Phi) is 6.19. The van der Waals surface area contributed by atoms with Gasteiger partial charge < -0.3 is 9.80 Å². The van der Waals surface area contributed by atoms with E-state index in [1.807, 2.05) is 0 Å². The summed E-state index contributed by atoms with van der Waals surface area (Å²) in [5, 5.41) is 14.4. The maximum Gasteiger partial charge on any atom is 0.269 e. The second-order valence-electron chi connectivity index (χ2n) is 5.54. The van der Waals surface area contributed by atoms with E-state index in [-0.39, 0.29) is 11.6 Å². The van der Waals surface area contributed by atoms with Crippen LogP contribution in [0, 0.1) is 10.1 Å². The highest BCUT2D eigenvalue weighted by Crippen LogP contribution is 2.10. The van der Waals surface area contributed by atoms with Crippen LogP contribution in [0.25, 0.3) is 0 Å². The molecule has 0 spiro atoms. The van der Waals surface area contributed by atoms with Gasteiger partial charge in [-0.1, -0.05) is 0 Å². The lowest BCUT2D eigenvalue weighted by Crippen LogP contribution is -2.45. The Morgan fingerprint density at radius 1 is 1.30 bits per heavy atom. The molecular weight excluding hydrogens is 298 g/mol. The van der Waals surface area contributed by atoms with Crippen LogP contribution < -0.4 is 5.43 Å². The number of hydrazone groups is 1. The number of likely N-dealkylation sites (N-methyl/N-ethyl adjacent to an activating group) is 1. The predicted molar refractivity (Wildman–Crippen MR) is 87.4 cm³/mol. The number of nitro benzene ring substituents is 1. The Balaban J connectivity index is 1.70. The van der Waals surface area contributed by atoms with Crippen LogP contribution in [0.3, 0.4) is 0 Å². The van der Waals surface area contributed by atoms with Crippen molar-refractivity contribution in [3.8, 4) is 0 Å². The van der Waals surface area contributed by atoms with Gasteiger partial charge in [0, 0.05) is 51.3 Å². The van der Waals surface area contributed by atoms with Gasteiger partial charge in [-0.2, -0.15) is 5.10 Å². The number of piperazine rings is 1. The van der Waals surface area contributed by atoms with Gasteiger partial charge in [0.2, 0.25) is 5.91 Å². The number of nitro groups is 1. The summed E-state index contributed by atoms with van der Waals surface area (Å²) in [5.41, 5.74) is 3.19.